The Labute approximate surface area is 206 Å². The van der Waals surface area contributed by atoms with Gasteiger partial charge in [0.25, 0.3) is 11.8 Å². The Morgan fingerprint density at radius 1 is 0.971 bits per heavy atom. The fraction of sp³-hybridized carbons (Fsp3) is 0.222. The minimum Gasteiger partial charge on any atom is -0.363 e. The molecule has 0 spiro atoms. The van der Waals surface area contributed by atoms with Crippen molar-refractivity contribution < 1.29 is 9.59 Å². The number of para-hydroxylation sites is 2. The highest BCUT2D eigenvalue weighted by atomic mass is 32.2. The molecule has 4 aromatic rings. The van der Waals surface area contributed by atoms with E-state index in [1.54, 1.807) is 11.8 Å². The summed E-state index contributed by atoms with van der Waals surface area (Å²) in [5, 5.41) is 8.91. The van der Waals surface area contributed by atoms with E-state index in [1.165, 1.54) is 5.56 Å². The summed E-state index contributed by atoms with van der Waals surface area (Å²) in [5.74, 6) is 0.238. The second-order valence-corrected chi connectivity index (χ2v) is 9.87. The highest BCUT2D eigenvalue weighted by Gasteiger charge is 2.35. The van der Waals surface area contributed by atoms with Gasteiger partial charge in [-0.1, -0.05) is 48.2 Å². The molecule has 2 aliphatic rings. The average molecular weight is 484 g/mol. The number of amidine groups is 1. The van der Waals surface area contributed by atoms with E-state index in [9.17, 15) is 9.59 Å². The average Bonchev–Trinajstić information content (AvgIpc) is 3.63. The predicted octanol–water partition coefficient (Wildman–Crippen LogP) is 3.78. The summed E-state index contributed by atoms with van der Waals surface area (Å²) in [6.07, 6.45) is 5.82. The Morgan fingerprint density at radius 3 is 2.54 bits per heavy atom. The quantitative estimate of drug-likeness (QED) is 0.323. The van der Waals surface area contributed by atoms with Crippen molar-refractivity contribution in [3.63, 3.8) is 0 Å². The van der Waals surface area contributed by atoms with Crippen molar-refractivity contribution >= 4 is 61.8 Å². The van der Waals surface area contributed by atoms with E-state index in [0.717, 1.165) is 64.2 Å². The number of amides is 2. The Bertz CT molecular complexity index is 1560. The third-order valence-corrected chi connectivity index (χ3v) is 7.62. The van der Waals surface area contributed by atoms with Gasteiger partial charge in [-0.05, 0) is 30.5 Å². The largest absolute Gasteiger partial charge is 0.363 e. The number of hydrogen-bond acceptors (Lipinski definition) is 5. The van der Waals surface area contributed by atoms with Gasteiger partial charge in [0.1, 0.15) is 5.70 Å². The van der Waals surface area contributed by atoms with Gasteiger partial charge in [0, 0.05) is 53.6 Å². The standard InChI is InChI=1S/C27H25N5O2S/c1-31-16-20(19-9-3-4-10-21(19)31)23-24(26(34)30-25(23)33)32-15-17(18-8-2-5-11-22(18)32)7-6-14-35-27-28-12-13-29-27/h2-5,8-11,15-16H,6-7,12-14H2,1H3,(H,28,29)(H,30,33,34). The van der Waals surface area contributed by atoms with Crippen LogP contribution in [0.4, 0.5) is 0 Å². The summed E-state index contributed by atoms with van der Waals surface area (Å²) in [5.41, 5.74) is 4.67. The van der Waals surface area contributed by atoms with E-state index in [4.69, 9.17) is 0 Å². The normalized spacial score (nSPS) is 15.9. The number of benzene rings is 2. The van der Waals surface area contributed by atoms with E-state index < -0.39 is 0 Å². The Morgan fingerprint density at radius 2 is 1.74 bits per heavy atom. The number of aromatic nitrogens is 2. The van der Waals surface area contributed by atoms with Crippen LogP contribution in [-0.4, -0.2) is 45.0 Å². The van der Waals surface area contributed by atoms with Crippen molar-refractivity contribution in [3.8, 4) is 0 Å². The number of fused-ring (bicyclic) bond motifs is 2. The summed E-state index contributed by atoms with van der Waals surface area (Å²) < 4.78 is 3.89. The molecule has 0 atom stereocenters. The van der Waals surface area contributed by atoms with Gasteiger partial charge < -0.3 is 14.5 Å². The summed E-state index contributed by atoms with van der Waals surface area (Å²) >= 11 is 1.75. The van der Waals surface area contributed by atoms with Crippen LogP contribution in [-0.2, 0) is 23.1 Å². The maximum Gasteiger partial charge on any atom is 0.275 e. The maximum atomic E-state index is 13.1. The number of hydrogen-bond donors (Lipinski definition) is 2. The molecule has 2 aromatic carbocycles. The molecule has 0 bridgehead atoms. The van der Waals surface area contributed by atoms with Crippen LogP contribution in [0.1, 0.15) is 17.5 Å². The molecule has 0 radical (unpaired) electrons. The second-order valence-electron chi connectivity index (χ2n) is 8.78. The minimum atomic E-state index is -0.369. The monoisotopic (exact) mass is 483 g/mol. The van der Waals surface area contributed by atoms with E-state index >= 15 is 0 Å². The van der Waals surface area contributed by atoms with Gasteiger partial charge in [0.15, 0.2) is 5.17 Å². The van der Waals surface area contributed by atoms with Gasteiger partial charge in [0.05, 0.1) is 17.6 Å². The maximum absolute atomic E-state index is 13.1. The van der Waals surface area contributed by atoms with E-state index in [2.05, 4.69) is 21.7 Å². The van der Waals surface area contributed by atoms with Crippen LogP contribution < -0.4 is 10.6 Å². The lowest BCUT2D eigenvalue weighted by molar-refractivity contribution is -0.122. The van der Waals surface area contributed by atoms with E-state index in [-0.39, 0.29) is 11.8 Å². The first-order valence-electron chi connectivity index (χ1n) is 11.8. The van der Waals surface area contributed by atoms with Gasteiger partial charge in [-0.2, -0.15) is 0 Å². The minimum absolute atomic E-state index is 0.359. The number of nitrogens with one attached hydrogen (secondary N) is 2. The molecule has 0 fully saturated rings. The molecule has 0 saturated heterocycles. The first-order valence-corrected chi connectivity index (χ1v) is 12.8. The first kappa shape index (κ1) is 21.7. The number of carbonyl (C=O) groups is 2. The van der Waals surface area contributed by atoms with Crippen LogP contribution >= 0.6 is 11.8 Å². The zero-order valence-corrected chi connectivity index (χ0v) is 20.2. The Kier molecular flexibility index (Phi) is 5.45. The molecule has 7 nitrogen and oxygen atoms in total. The third-order valence-electron chi connectivity index (χ3n) is 6.58. The smallest absolute Gasteiger partial charge is 0.275 e. The number of nitrogens with zero attached hydrogens (tertiary/aromatic N) is 3. The van der Waals surface area contributed by atoms with Crippen molar-refractivity contribution in [3.05, 3.63) is 72.1 Å². The molecule has 2 N–H and O–H groups in total. The molecular formula is C27H25N5O2S. The third kappa shape index (κ3) is 3.74. The SMILES string of the molecule is Cn1cc(C2=C(n3cc(CCCSC4=NCCN4)c4ccccc43)C(=O)NC2=O)c2ccccc21. The van der Waals surface area contributed by atoms with E-state index in [1.807, 2.05) is 71.0 Å². The molecule has 0 saturated carbocycles. The molecule has 0 unspecified atom stereocenters. The van der Waals surface area contributed by atoms with Gasteiger partial charge >= 0.3 is 0 Å². The molecule has 2 aliphatic heterocycles. The van der Waals surface area contributed by atoms with Crippen LogP contribution in [0.5, 0.6) is 0 Å². The van der Waals surface area contributed by atoms with E-state index in [0.29, 0.717) is 11.3 Å². The molecule has 35 heavy (non-hydrogen) atoms. The zero-order chi connectivity index (χ0) is 23.9. The fourth-order valence-electron chi connectivity index (χ4n) is 5.01. The second kappa shape index (κ2) is 8.78. The van der Waals surface area contributed by atoms with Crippen molar-refractivity contribution in [1.29, 1.82) is 0 Å². The molecule has 176 valence electrons. The van der Waals surface area contributed by atoms with Crippen molar-refractivity contribution in [2.24, 2.45) is 12.0 Å². The van der Waals surface area contributed by atoms with Gasteiger partial charge in [-0.15, -0.1) is 0 Å². The van der Waals surface area contributed by atoms with Crippen LogP contribution in [0.15, 0.2) is 65.9 Å². The lowest BCUT2D eigenvalue weighted by atomic mass is 10.0. The van der Waals surface area contributed by atoms with Crippen LogP contribution in [0.3, 0.4) is 0 Å². The molecule has 6 rings (SSSR count). The van der Waals surface area contributed by atoms with Crippen molar-refractivity contribution in [2.45, 2.75) is 12.8 Å². The summed E-state index contributed by atoms with van der Waals surface area (Å²) in [7, 11) is 1.95. The van der Waals surface area contributed by atoms with Crippen molar-refractivity contribution in [1.82, 2.24) is 19.8 Å². The van der Waals surface area contributed by atoms with Crippen LogP contribution in [0.25, 0.3) is 33.1 Å². The summed E-state index contributed by atoms with van der Waals surface area (Å²) in [6, 6.07) is 16.0. The molecule has 4 heterocycles. The Balaban J connectivity index is 1.42. The van der Waals surface area contributed by atoms with Crippen molar-refractivity contribution in [2.75, 3.05) is 18.8 Å². The number of thioether (sulfide) groups is 1. The molecule has 8 heteroatoms. The fourth-order valence-corrected chi connectivity index (χ4v) is 5.87. The Hall–Kier alpha value is -3.78. The number of aliphatic imine (C=N–C) groups is 1. The molecule has 2 amide bonds. The summed E-state index contributed by atoms with van der Waals surface area (Å²) in [6.45, 7) is 1.77. The predicted molar refractivity (Wildman–Crippen MR) is 142 cm³/mol. The zero-order valence-electron chi connectivity index (χ0n) is 19.4. The van der Waals surface area contributed by atoms with Gasteiger partial charge in [0.2, 0.25) is 0 Å². The lowest BCUT2D eigenvalue weighted by Gasteiger charge is -2.07. The summed E-state index contributed by atoms with van der Waals surface area (Å²) in [4.78, 5) is 30.6. The highest BCUT2D eigenvalue weighted by Crippen LogP contribution is 2.36. The van der Waals surface area contributed by atoms with Crippen LogP contribution in [0, 0.1) is 0 Å². The highest BCUT2D eigenvalue weighted by molar-refractivity contribution is 8.13. The van der Waals surface area contributed by atoms with Gasteiger partial charge in [-0.25, -0.2) is 0 Å². The lowest BCUT2D eigenvalue weighted by Crippen LogP contribution is -2.23. The molecule has 0 aliphatic carbocycles. The van der Waals surface area contributed by atoms with Crippen LogP contribution in [0.2, 0.25) is 0 Å². The first-order chi connectivity index (χ1) is 17.1. The number of carbonyl (C=O) groups excluding carboxylic acids is 2. The number of aryl methyl sites for hydroxylation is 2. The number of imide groups is 1. The van der Waals surface area contributed by atoms with Gasteiger partial charge in [-0.3, -0.25) is 19.9 Å². The topological polar surface area (TPSA) is 80.4 Å². The molecular weight excluding hydrogens is 458 g/mol. The number of rotatable bonds is 6. The molecule has 2 aromatic heterocycles.